The summed E-state index contributed by atoms with van der Waals surface area (Å²) in [6.07, 6.45) is 1.43. The molecule has 186 valence electrons. The van der Waals surface area contributed by atoms with Gasteiger partial charge in [-0.05, 0) is 49.8 Å². The number of urea groups is 1. The predicted octanol–water partition coefficient (Wildman–Crippen LogP) is 4.55. The summed E-state index contributed by atoms with van der Waals surface area (Å²) in [6.45, 7) is 4.04. The second-order valence-electron chi connectivity index (χ2n) is 8.95. The summed E-state index contributed by atoms with van der Waals surface area (Å²) in [6, 6.07) is 21.9. The molecule has 2 N–H and O–H groups in total. The minimum atomic E-state index is -0.536. The summed E-state index contributed by atoms with van der Waals surface area (Å²) in [5, 5.41) is 5.81. The SMILES string of the molecule is COc1ccccc1-c1[nH]n(-c2ccc(C)cc2)c(=O)c1C=C1NC(=O)N(Cc2cccc(C)c2)C1=O. The van der Waals surface area contributed by atoms with Crippen LogP contribution in [0.1, 0.15) is 22.3 Å². The number of carbonyl (C=O) groups excluding carboxylic acids is 2. The lowest BCUT2D eigenvalue weighted by atomic mass is 10.1. The Morgan fingerprint density at radius 1 is 0.892 bits per heavy atom. The van der Waals surface area contributed by atoms with E-state index in [2.05, 4.69) is 10.4 Å². The van der Waals surface area contributed by atoms with Crippen molar-refractivity contribution in [1.82, 2.24) is 20.0 Å². The zero-order valence-electron chi connectivity index (χ0n) is 20.7. The van der Waals surface area contributed by atoms with Gasteiger partial charge in [-0.15, -0.1) is 0 Å². The maximum absolute atomic E-state index is 13.6. The van der Waals surface area contributed by atoms with Crippen LogP contribution in [0, 0.1) is 13.8 Å². The Kier molecular flexibility index (Phi) is 6.23. The molecule has 0 bridgehead atoms. The maximum Gasteiger partial charge on any atom is 0.329 e. The van der Waals surface area contributed by atoms with E-state index >= 15 is 0 Å². The topological polar surface area (TPSA) is 96.4 Å². The number of nitrogens with one attached hydrogen (secondary N) is 2. The number of aromatic nitrogens is 2. The number of nitrogens with zero attached hydrogens (tertiary/aromatic N) is 2. The van der Waals surface area contributed by atoms with Crippen molar-refractivity contribution in [3.05, 3.63) is 111 Å². The summed E-state index contributed by atoms with van der Waals surface area (Å²) in [7, 11) is 1.55. The van der Waals surface area contributed by atoms with Crippen molar-refractivity contribution in [2.75, 3.05) is 7.11 Å². The van der Waals surface area contributed by atoms with Crippen LogP contribution in [0.2, 0.25) is 0 Å². The number of H-pyrrole nitrogens is 1. The molecule has 0 aliphatic carbocycles. The molecule has 1 saturated heterocycles. The second-order valence-corrected chi connectivity index (χ2v) is 8.95. The lowest BCUT2D eigenvalue weighted by molar-refractivity contribution is -0.123. The highest BCUT2D eigenvalue weighted by atomic mass is 16.5. The highest BCUT2D eigenvalue weighted by Gasteiger charge is 2.34. The fraction of sp³-hybridized carbons (Fsp3) is 0.138. The highest BCUT2D eigenvalue weighted by molar-refractivity contribution is 6.14. The van der Waals surface area contributed by atoms with E-state index in [0.29, 0.717) is 22.7 Å². The molecule has 0 saturated carbocycles. The zero-order valence-corrected chi connectivity index (χ0v) is 20.7. The fourth-order valence-corrected chi connectivity index (χ4v) is 4.37. The summed E-state index contributed by atoms with van der Waals surface area (Å²) >= 11 is 0. The Morgan fingerprint density at radius 3 is 2.38 bits per heavy atom. The van der Waals surface area contributed by atoms with Gasteiger partial charge < -0.3 is 10.1 Å². The Balaban J connectivity index is 1.60. The third-order valence-electron chi connectivity index (χ3n) is 6.27. The van der Waals surface area contributed by atoms with Gasteiger partial charge in [0.25, 0.3) is 11.5 Å². The normalized spacial score (nSPS) is 14.4. The van der Waals surface area contributed by atoms with Gasteiger partial charge in [-0.3, -0.25) is 19.6 Å². The number of hydrogen-bond acceptors (Lipinski definition) is 4. The van der Waals surface area contributed by atoms with Crippen molar-refractivity contribution >= 4 is 18.0 Å². The summed E-state index contributed by atoms with van der Waals surface area (Å²) in [4.78, 5) is 40.7. The number of benzene rings is 3. The molecule has 37 heavy (non-hydrogen) atoms. The van der Waals surface area contributed by atoms with E-state index < -0.39 is 11.9 Å². The first-order valence-electron chi connectivity index (χ1n) is 11.8. The van der Waals surface area contributed by atoms with Gasteiger partial charge in [-0.1, -0.05) is 59.7 Å². The molecule has 2 heterocycles. The van der Waals surface area contributed by atoms with E-state index in [1.165, 1.54) is 10.8 Å². The molecule has 0 atom stereocenters. The lowest BCUT2D eigenvalue weighted by Gasteiger charge is -2.12. The van der Waals surface area contributed by atoms with E-state index in [1.807, 2.05) is 80.6 Å². The third kappa shape index (κ3) is 4.56. The Labute approximate surface area is 213 Å². The number of carbonyl (C=O) groups is 2. The van der Waals surface area contributed by atoms with E-state index in [0.717, 1.165) is 21.6 Å². The quantitative estimate of drug-likeness (QED) is 0.304. The Morgan fingerprint density at radius 2 is 1.65 bits per heavy atom. The van der Waals surface area contributed by atoms with Crippen LogP contribution in [0.25, 0.3) is 23.0 Å². The van der Waals surface area contributed by atoms with Crippen molar-refractivity contribution < 1.29 is 14.3 Å². The number of hydrogen-bond donors (Lipinski definition) is 2. The van der Waals surface area contributed by atoms with Crippen LogP contribution in [0.5, 0.6) is 5.75 Å². The van der Waals surface area contributed by atoms with E-state index in [1.54, 1.807) is 13.2 Å². The summed E-state index contributed by atoms with van der Waals surface area (Å²) < 4.78 is 6.95. The smallest absolute Gasteiger partial charge is 0.329 e. The number of methoxy groups -OCH3 is 1. The Bertz CT molecular complexity index is 1590. The molecule has 3 amide bonds. The largest absolute Gasteiger partial charge is 0.496 e. The Hall–Kier alpha value is -4.85. The van der Waals surface area contributed by atoms with Crippen molar-refractivity contribution in [2.24, 2.45) is 0 Å². The number of ether oxygens (including phenoxy) is 1. The molecule has 1 aromatic heterocycles. The van der Waals surface area contributed by atoms with Crippen LogP contribution in [-0.2, 0) is 11.3 Å². The van der Waals surface area contributed by atoms with E-state index in [4.69, 9.17) is 4.74 Å². The van der Waals surface area contributed by atoms with E-state index in [9.17, 15) is 14.4 Å². The van der Waals surface area contributed by atoms with Crippen LogP contribution >= 0.6 is 0 Å². The molecular weight excluding hydrogens is 468 g/mol. The maximum atomic E-state index is 13.6. The molecule has 8 nitrogen and oxygen atoms in total. The second kappa shape index (κ2) is 9.66. The van der Waals surface area contributed by atoms with Gasteiger partial charge in [0.15, 0.2) is 0 Å². The van der Waals surface area contributed by atoms with Crippen molar-refractivity contribution in [3.63, 3.8) is 0 Å². The monoisotopic (exact) mass is 494 g/mol. The third-order valence-corrected chi connectivity index (χ3v) is 6.27. The van der Waals surface area contributed by atoms with E-state index in [-0.39, 0.29) is 23.4 Å². The summed E-state index contributed by atoms with van der Waals surface area (Å²) in [5.41, 5.74) is 4.57. The first-order chi connectivity index (χ1) is 17.9. The van der Waals surface area contributed by atoms with Gasteiger partial charge in [0.1, 0.15) is 11.4 Å². The minimum absolute atomic E-state index is 0.0287. The molecule has 4 aromatic rings. The average Bonchev–Trinajstić information content (AvgIpc) is 3.35. The van der Waals surface area contributed by atoms with Gasteiger partial charge in [0, 0.05) is 5.56 Å². The number of imide groups is 1. The first kappa shape index (κ1) is 23.9. The summed E-state index contributed by atoms with van der Waals surface area (Å²) in [5.74, 6) is 0.0577. The van der Waals surface area contributed by atoms with Gasteiger partial charge >= 0.3 is 6.03 Å². The number of para-hydroxylation sites is 1. The van der Waals surface area contributed by atoms with Crippen molar-refractivity contribution in [3.8, 4) is 22.7 Å². The average molecular weight is 495 g/mol. The highest BCUT2D eigenvalue weighted by Crippen LogP contribution is 2.31. The minimum Gasteiger partial charge on any atom is -0.496 e. The molecule has 0 radical (unpaired) electrons. The number of amides is 3. The molecule has 1 fully saturated rings. The molecule has 5 rings (SSSR count). The molecule has 8 heteroatoms. The first-order valence-corrected chi connectivity index (χ1v) is 11.8. The molecule has 1 aliphatic rings. The van der Waals surface area contributed by atoms with Gasteiger partial charge in [-0.25, -0.2) is 9.48 Å². The molecular formula is C29H26N4O4. The number of aryl methyl sites for hydroxylation is 2. The molecule has 3 aromatic carbocycles. The van der Waals surface area contributed by atoms with Gasteiger partial charge in [0.2, 0.25) is 0 Å². The fourth-order valence-electron chi connectivity index (χ4n) is 4.37. The van der Waals surface area contributed by atoms with Crippen LogP contribution in [-0.4, -0.2) is 33.7 Å². The number of rotatable bonds is 6. The van der Waals surface area contributed by atoms with Crippen molar-refractivity contribution in [2.45, 2.75) is 20.4 Å². The molecule has 1 aliphatic heterocycles. The van der Waals surface area contributed by atoms with Crippen LogP contribution in [0.3, 0.4) is 0 Å². The van der Waals surface area contributed by atoms with Crippen LogP contribution in [0.15, 0.2) is 83.3 Å². The molecule has 0 spiro atoms. The molecule has 0 unspecified atom stereocenters. The van der Waals surface area contributed by atoms with Gasteiger partial charge in [-0.2, -0.15) is 0 Å². The van der Waals surface area contributed by atoms with Crippen LogP contribution in [0.4, 0.5) is 4.79 Å². The van der Waals surface area contributed by atoms with Gasteiger partial charge in [0.05, 0.1) is 30.6 Å². The zero-order chi connectivity index (χ0) is 26.1. The van der Waals surface area contributed by atoms with Crippen LogP contribution < -0.4 is 15.6 Å². The standard InChI is InChI=1S/C29H26N4O4/c1-18-11-13-21(14-12-18)33-27(34)23(26(31-33)22-9-4-5-10-25(22)37-3)16-24-28(35)32(29(36)30-24)17-20-8-6-7-19(2)15-20/h4-16,31H,17H2,1-3H3,(H,30,36). The predicted molar refractivity (Wildman–Crippen MR) is 141 cm³/mol. The lowest BCUT2D eigenvalue weighted by Crippen LogP contribution is -2.30. The van der Waals surface area contributed by atoms with Crippen molar-refractivity contribution in [1.29, 1.82) is 0 Å². The number of aromatic amines is 1.